The lowest BCUT2D eigenvalue weighted by Crippen LogP contribution is -2.13. The molecule has 0 aliphatic rings. The average Bonchev–Trinajstić information content (AvgIpc) is 2.69. The molecule has 0 radical (unpaired) electrons. The summed E-state index contributed by atoms with van der Waals surface area (Å²) < 4.78 is 37.9. The lowest BCUT2D eigenvalue weighted by molar-refractivity contribution is 0.0566. The molecule has 1 aromatic heterocycles. The molecule has 0 aliphatic carbocycles. The number of fused-ring (bicyclic) bond motifs is 1. The molecule has 0 saturated carbocycles. The van der Waals surface area contributed by atoms with Crippen LogP contribution in [0.3, 0.4) is 0 Å². The maximum atomic E-state index is 13.5. The molecule has 102 valence electrons. The summed E-state index contributed by atoms with van der Waals surface area (Å²) >= 11 is 0.760. The van der Waals surface area contributed by atoms with Gasteiger partial charge in [0.2, 0.25) is 0 Å². The third-order valence-corrected chi connectivity index (χ3v) is 4.52. The van der Waals surface area contributed by atoms with Crippen LogP contribution in [-0.2, 0) is 10.2 Å². The second-order valence-corrected chi connectivity index (χ2v) is 6.49. The quantitative estimate of drug-likeness (QED) is 0.758. The van der Waals surface area contributed by atoms with E-state index in [4.69, 9.17) is 14.9 Å². The molecule has 0 atom stereocenters. The molecule has 0 amide bonds. The van der Waals surface area contributed by atoms with E-state index in [0.717, 1.165) is 23.5 Å². The topological polar surface area (TPSA) is 94.8 Å². The molecule has 2 aromatic rings. The third kappa shape index (κ3) is 2.40. The second kappa shape index (κ2) is 4.35. The molecule has 0 bridgehead atoms. The molecular formula is C10H7F2O5PS. The largest absolute Gasteiger partial charge is 0.477 e. The van der Waals surface area contributed by atoms with Gasteiger partial charge in [-0.15, -0.1) is 11.3 Å². The maximum absolute atomic E-state index is 13.5. The fourth-order valence-corrected chi connectivity index (χ4v) is 2.91. The summed E-state index contributed by atoms with van der Waals surface area (Å²) in [6, 6.07) is 4.28. The number of carboxylic acids is 1. The lowest BCUT2D eigenvalue weighted by Gasteiger charge is -2.17. The van der Waals surface area contributed by atoms with E-state index in [1.807, 2.05) is 0 Å². The number of thiophene rings is 1. The van der Waals surface area contributed by atoms with Crippen LogP contribution in [-0.4, -0.2) is 20.9 Å². The van der Waals surface area contributed by atoms with Crippen LogP contribution < -0.4 is 0 Å². The van der Waals surface area contributed by atoms with E-state index in [1.165, 1.54) is 12.1 Å². The molecule has 1 aromatic carbocycles. The van der Waals surface area contributed by atoms with Crippen LogP contribution in [0, 0.1) is 0 Å². The lowest BCUT2D eigenvalue weighted by atomic mass is 10.2. The van der Waals surface area contributed by atoms with Crippen LogP contribution in [0.15, 0.2) is 24.3 Å². The van der Waals surface area contributed by atoms with E-state index in [9.17, 15) is 18.1 Å². The Kier molecular flexibility index (Phi) is 3.22. The predicted molar refractivity (Wildman–Crippen MR) is 64.7 cm³/mol. The SMILES string of the molecule is O=C(O)c1cc2ccc(C(F)(F)P(=O)(O)O)cc2s1. The Bertz CT molecular complexity index is 705. The van der Waals surface area contributed by atoms with E-state index in [1.54, 1.807) is 0 Å². The molecule has 19 heavy (non-hydrogen) atoms. The first-order valence-electron chi connectivity index (χ1n) is 4.84. The van der Waals surface area contributed by atoms with E-state index in [-0.39, 0.29) is 9.58 Å². The predicted octanol–water partition coefficient (Wildman–Crippen LogP) is 2.83. The number of hydrogen-bond donors (Lipinski definition) is 3. The van der Waals surface area contributed by atoms with Gasteiger partial charge in [0.15, 0.2) is 0 Å². The van der Waals surface area contributed by atoms with Gasteiger partial charge in [0.25, 0.3) is 0 Å². The fraction of sp³-hybridized carbons (Fsp3) is 0.100. The first-order valence-corrected chi connectivity index (χ1v) is 7.26. The zero-order valence-corrected chi connectivity index (χ0v) is 10.8. The number of halogens is 2. The highest BCUT2D eigenvalue weighted by atomic mass is 32.1. The average molecular weight is 308 g/mol. The molecule has 0 fully saturated rings. The zero-order valence-electron chi connectivity index (χ0n) is 9.08. The highest BCUT2D eigenvalue weighted by Gasteiger charge is 2.50. The highest BCUT2D eigenvalue weighted by Crippen LogP contribution is 2.59. The third-order valence-electron chi connectivity index (χ3n) is 2.44. The van der Waals surface area contributed by atoms with E-state index >= 15 is 0 Å². The number of alkyl halides is 2. The molecular weight excluding hydrogens is 301 g/mol. The summed E-state index contributed by atoms with van der Waals surface area (Å²) in [6.45, 7) is 0. The molecule has 0 unspecified atom stereocenters. The molecule has 2 rings (SSSR count). The molecule has 0 spiro atoms. The Morgan fingerprint density at radius 1 is 1.26 bits per heavy atom. The van der Waals surface area contributed by atoms with Gasteiger partial charge in [0, 0.05) is 10.3 Å². The van der Waals surface area contributed by atoms with Crippen molar-refractivity contribution in [2.24, 2.45) is 0 Å². The normalized spacial score (nSPS) is 12.8. The standard InChI is InChI=1S/C10H7F2O5PS/c11-10(12,18(15,16)17)6-2-1-5-3-8(9(13)14)19-7(5)4-6/h1-4H,(H,13,14)(H2,15,16,17). The molecule has 5 nitrogen and oxygen atoms in total. The van der Waals surface area contributed by atoms with Crippen molar-refractivity contribution >= 4 is 35.0 Å². The summed E-state index contributed by atoms with van der Waals surface area (Å²) in [4.78, 5) is 28.0. The molecule has 9 heteroatoms. The number of carbonyl (C=O) groups is 1. The summed E-state index contributed by atoms with van der Waals surface area (Å²) in [6.07, 6.45) is 0. The van der Waals surface area contributed by atoms with E-state index in [2.05, 4.69) is 0 Å². The number of aromatic carboxylic acids is 1. The van der Waals surface area contributed by atoms with Crippen LogP contribution in [0.5, 0.6) is 0 Å². The summed E-state index contributed by atoms with van der Waals surface area (Å²) in [7, 11) is -5.63. The van der Waals surface area contributed by atoms with Crippen molar-refractivity contribution in [1.82, 2.24) is 0 Å². The fourth-order valence-electron chi connectivity index (χ4n) is 1.49. The summed E-state index contributed by atoms with van der Waals surface area (Å²) in [5.74, 6) is -1.19. The number of benzene rings is 1. The number of rotatable bonds is 3. The Morgan fingerprint density at radius 2 is 1.89 bits per heavy atom. The monoisotopic (exact) mass is 308 g/mol. The first kappa shape index (κ1) is 14.1. The second-order valence-electron chi connectivity index (χ2n) is 3.75. The van der Waals surface area contributed by atoms with Crippen LogP contribution in [0.4, 0.5) is 8.78 Å². The van der Waals surface area contributed by atoms with Crippen molar-refractivity contribution in [3.8, 4) is 0 Å². The maximum Gasteiger partial charge on any atom is 0.399 e. The van der Waals surface area contributed by atoms with Gasteiger partial charge >= 0.3 is 19.2 Å². The van der Waals surface area contributed by atoms with Crippen molar-refractivity contribution in [3.63, 3.8) is 0 Å². The summed E-state index contributed by atoms with van der Waals surface area (Å²) in [5, 5.41) is 9.21. The van der Waals surface area contributed by atoms with Crippen LogP contribution in [0.25, 0.3) is 10.1 Å². The highest BCUT2D eigenvalue weighted by molar-refractivity contribution is 7.52. The summed E-state index contributed by atoms with van der Waals surface area (Å²) in [5.41, 5.74) is -5.14. The van der Waals surface area contributed by atoms with Gasteiger partial charge in [-0.2, -0.15) is 8.78 Å². The van der Waals surface area contributed by atoms with E-state index < -0.39 is 24.8 Å². The van der Waals surface area contributed by atoms with Gasteiger partial charge in [-0.05, 0) is 17.5 Å². The zero-order chi connectivity index (χ0) is 14.4. The van der Waals surface area contributed by atoms with Gasteiger partial charge in [-0.25, -0.2) is 4.79 Å². The number of carboxylic acid groups (broad SMARTS) is 1. The van der Waals surface area contributed by atoms with Crippen LogP contribution >= 0.6 is 18.9 Å². The van der Waals surface area contributed by atoms with E-state index in [0.29, 0.717) is 5.39 Å². The minimum Gasteiger partial charge on any atom is -0.477 e. The van der Waals surface area contributed by atoms with Crippen molar-refractivity contribution in [1.29, 1.82) is 0 Å². The Morgan fingerprint density at radius 3 is 2.42 bits per heavy atom. The number of hydrogen-bond acceptors (Lipinski definition) is 3. The minimum absolute atomic E-state index is 0.0355. The smallest absolute Gasteiger partial charge is 0.399 e. The van der Waals surface area contributed by atoms with Crippen molar-refractivity contribution < 1.29 is 33.0 Å². The van der Waals surface area contributed by atoms with Gasteiger partial charge < -0.3 is 14.9 Å². The molecule has 0 saturated heterocycles. The molecule has 0 aliphatic heterocycles. The van der Waals surface area contributed by atoms with Crippen molar-refractivity contribution in [3.05, 3.63) is 34.7 Å². The molecule has 3 N–H and O–H groups in total. The van der Waals surface area contributed by atoms with Crippen molar-refractivity contribution in [2.75, 3.05) is 0 Å². The minimum atomic E-state index is -5.63. The van der Waals surface area contributed by atoms with Crippen molar-refractivity contribution in [2.45, 2.75) is 5.66 Å². The van der Waals surface area contributed by atoms with Gasteiger partial charge in [-0.3, -0.25) is 4.57 Å². The first-order chi connectivity index (χ1) is 8.63. The Labute approximate surface area is 109 Å². The van der Waals surface area contributed by atoms with Gasteiger partial charge in [-0.1, -0.05) is 12.1 Å². The Hall–Kier alpha value is -1.34. The van der Waals surface area contributed by atoms with Gasteiger partial charge in [0.1, 0.15) is 4.88 Å². The van der Waals surface area contributed by atoms with Crippen LogP contribution in [0.2, 0.25) is 0 Å². The molecule has 1 heterocycles. The van der Waals surface area contributed by atoms with Gasteiger partial charge in [0.05, 0.1) is 0 Å². The Balaban J connectivity index is 2.59. The van der Waals surface area contributed by atoms with Crippen LogP contribution in [0.1, 0.15) is 15.2 Å².